The molecular weight excluding hydrogens is 304 g/mol. The number of nitrogens with one attached hydrogen (secondary N) is 1. The van der Waals surface area contributed by atoms with Crippen molar-refractivity contribution in [1.29, 1.82) is 0 Å². The van der Waals surface area contributed by atoms with Crippen molar-refractivity contribution in [2.24, 2.45) is 7.05 Å². The van der Waals surface area contributed by atoms with E-state index in [0.29, 0.717) is 19.4 Å². The van der Waals surface area contributed by atoms with Crippen LogP contribution in [0.4, 0.5) is 0 Å². The van der Waals surface area contributed by atoms with E-state index in [0.717, 1.165) is 50.8 Å². The summed E-state index contributed by atoms with van der Waals surface area (Å²) in [4.78, 5) is 26.3. The van der Waals surface area contributed by atoms with E-state index < -0.39 is 0 Å². The molecule has 1 N–H and O–H groups in total. The smallest absolute Gasteiger partial charge is 0.222 e. The minimum Gasteiger partial charge on any atom is -0.349 e. The second-order valence-corrected chi connectivity index (χ2v) is 7.02. The number of carbonyl (C=O) groups excluding carboxylic acids is 2. The van der Waals surface area contributed by atoms with Crippen LogP contribution in [0.2, 0.25) is 0 Å². The van der Waals surface area contributed by atoms with Gasteiger partial charge in [0.05, 0.1) is 11.7 Å². The third-order valence-corrected chi connectivity index (χ3v) is 5.26. The van der Waals surface area contributed by atoms with Crippen LogP contribution < -0.4 is 5.32 Å². The molecule has 0 saturated carbocycles. The van der Waals surface area contributed by atoms with Crippen LogP contribution in [0.25, 0.3) is 0 Å². The highest BCUT2D eigenvalue weighted by atomic mass is 16.2. The predicted octanol–water partition coefficient (Wildman–Crippen LogP) is 2.01. The Labute approximate surface area is 143 Å². The summed E-state index contributed by atoms with van der Waals surface area (Å²) < 4.78 is 1.94. The van der Waals surface area contributed by atoms with Gasteiger partial charge >= 0.3 is 0 Å². The normalized spacial score (nSPS) is 21.3. The molecule has 2 aliphatic rings. The van der Waals surface area contributed by atoms with Gasteiger partial charge in [-0.25, -0.2) is 0 Å². The van der Waals surface area contributed by atoms with Crippen molar-refractivity contribution in [2.45, 2.75) is 64.3 Å². The molecular formula is C18H28N4O2. The van der Waals surface area contributed by atoms with E-state index in [1.807, 2.05) is 23.6 Å². The lowest BCUT2D eigenvalue weighted by molar-refractivity contribution is -0.131. The van der Waals surface area contributed by atoms with E-state index >= 15 is 0 Å². The fraction of sp³-hybridized carbons (Fsp3) is 0.722. The summed E-state index contributed by atoms with van der Waals surface area (Å²) in [6.07, 6.45) is 7.22. The molecule has 0 aromatic carbocycles. The molecule has 24 heavy (non-hydrogen) atoms. The van der Waals surface area contributed by atoms with Crippen LogP contribution >= 0.6 is 0 Å². The van der Waals surface area contributed by atoms with Gasteiger partial charge in [0.1, 0.15) is 0 Å². The van der Waals surface area contributed by atoms with Gasteiger partial charge in [0, 0.05) is 44.2 Å². The Balaban J connectivity index is 1.57. The number of likely N-dealkylation sites (tertiary alicyclic amines) is 1. The fourth-order valence-electron chi connectivity index (χ4n) is 4.01. The SMILES string of the molecule is Cc1nn(C)c2c1C(NC(=O)CCN1CCCCCC1=O)CCC2. The number of fused-ring (bicyclic) bond motifs is 1. The van der Waals surface area contributed by atoms with Crippen LogP contribution in [-0.2, 0) is 23.1 Å². The molecule has 1 saturated heterocycles. The van der Waals surface area contributed by atoms with Gasteiger partial charge in [-0.05, 0) is 39.0 Å². The molecule has 1 unspecified atom stereocenters. The second kappa shape index (κ2) is 7.36. The van der Waals surface area contributed by atoms with Crippen molar-refractivity contribution in [3.8, 4) is 0 Å². The average Bonchev–Trinajstić information content (AvgIpc) is 2.71. The van der Waals surface area contributed by atoms with Crippen LogP contribution in [0.1, 0.15) is 67.9 Å². The maximum Gasteiger partial charge on any atom is 0.222 e. The maximum atomic E-state index is 12.4. The van der Waals surface area contributed by atoms with E-state index in [1.54, 1.807) is 0 Å². The number of amides is 2. The Bertz CT molecular complexity index is 623. The second-order valence-electron chi connectivity index (χ2n) is 7.02. The van der Waals surface area contributed by atoms with Gasteiger partial charge < -0.3 is 10.2 Å². The van der Waals surface area contributed by atoms with Crippen LogP contribution in [0.15, 0.2) is 0 Å². The molecule has 0 radical (unpaired) electrons. The highest BCUT2D eigenvalue weighted by molar-refractivity contribution is 5.79. The molecule has 0 bridgehead atoms. The standard InChI is InChI=1S/C18H28N4O2/c1-13-18-14(7-6-8-15(18)21(2)20-13)19-16(23)10-12-22-11-5-3-4-9-17(22)24/h14H,3-12H2,1-2H3,(H,19,23). The molecule has 6 heteroatoms. The molecule has 3 rings (SSSR count). The van der Waals surface area contributed by atoms with E-state index in [1.165, 1.54) is 11.3 Å². The summed E-state index contributed by atoms with van der Waals surface area (Å²) in [6.45, 7) is 3.34. The lowest BCUT2D eigenvalue weighted by atomic mass is 9.91. The molecule has 2 heterocycles. The maximum absolute atomic E-state index is 12.4. The van der Waals surface area contributed by atoms with Gasteiger partial charge in [0.2, 0.25) is 11.8 Å². The van der Waals surface area contributed by atoms with Crippen LogP contribution in [-0.4, -0.2) is 39.6 Å². The Hall–Kier alpha value is -1.85. The van der Waals surface area contributed by atoms with Crippen molar-refractivity contribution in [2.75, 3.05) is 13.1 Å². The molecule has 1 atom stereocenters. The van der Waals surface area contributed by atoms with E-state index in [2.05, 4.69) is 10.4 Å². The Morgan fingerprint density at radius 2 is 2.08 bits per heavy atom. The lowest BCUT2D eigenvalue weighted by Gasteiger charge is -2.25. The quantitative estimate of drug-likeness (QED) is 0.917. The molecule has 0 spiro atoms. The minimum absolute atomic E-state index is 0.0353. The largest absolute Gasteiger partial charge is 0.349 e. The van der Waals surface area contributed by atoms with Gasteiger partial charge in [-0.1, -0.05) is 6.42 Å². The highest BCUT2D eigenvalue weighted by Gasteiger charge is 2.27. The van der Waals surface area contributed by atoms with Gasteiger partial charge in [-0.15, -0.1) is 0 Å². The number of aryl methyl sites for hydroxylation is 2. The first kappa shape index (κ1) is 17.0. The van der Waals surface area contributed by atoms with Crippen molar-refractivity contribution in [3.63, 3.8) is 0 Å². The first-order chi connectivity index (χ1) is 11.6. The van der Waals surface area contributed by atoms with Gasteiger partial charge in [-0.3, -0.25) is 14.3 Å². The van der Waals surface area contributed by atoms with Crippen LogP contribution in [0.5, 0.6) is 0 Å². The van der Waals surface area contributed by atoms with Gasteiger partial charge in [0.15, 0.2) is 0 Å². The molecule has 6 nitrogen and oxygen atoms in total. The Kier molecular flexibility index (Phi) is 5.21. The van der Waals surface area contributed by atoms with E-state index in [9.17, 15) is 9.59 Å². The zero-order valence-electron chi connectivity index (χ0n) is 14.8. The average molecular weight is 332 g/mol. The predicted molar refractivity (Wildman–Crippen MR) is 91.4 cm³/mol. The fourth-order valence-corrected chi connectivity index (χ4v) is 4.01. The van der Waals surface area contributed by atoms with Crippen molar-refractivity contribution < 1.29 is 9.59 Å². The van der Waals surface area contributed by atoms with Gasteiger partial charge in [-0.2, -0.15) is 5.10 Å². The minimum atomic E-state index is 0.0353. The molecule has 132 valence electrons. The van der Waals surface area contributed by atoms with Crippen LogP contribution in [0, 0.1) is 6.92 Å². The number of hydrogen-bond acceptors (Lipinski definition) is 3. The summed E-state index contributed by atoms with van der Waals surface area (Å²) in [6, 6.07) is 0.0646. The van der Waals surface area contributed by atoms with E-state index in [-0.39, 0.29) is 17.9 Å². The molecule has 1 aromatic rings. The third kappa shape index (κ3) is 3.62. The zero-order valence-corrected chi connectivity index (χ0v) is 14.8. The summed E-state index contributed by atoms with van der Waals surface area (Å²) in [5.74, 6) is 0.233. The summed E-state index contributed by atoms with van der Waals surface area (Å²) in [7, 11) is 1.97. The Morgan fingerprint density at radius 3 is 2.92 bits per heavy atom. The number of carbonyl (C=O) groups is 2. The number of aromatic nitrogens is 2. The summed E-state index contributed by atoms with van der Waals surface area (Å²) in [5.41, 5.74) is 3.45. The van der Waals surface area contributed by atoms with Crippen molar-refractivity contribution in [1.82, 2.24) is 20.0 Å². The zero-order chi connectivity index (χ0) is 17.1. The van der Waals surface area contributed by atoms with Crippen molar-refractivity contribution >= 4 is 11.8 Å². The third-order valence-electron chi connectivity index (χ3n) is 5.26. The van der Waals surface area contributed by atoms with E-state index in [4.69, 9.17) is 0 Å². The molecule has 1 aliphatic heterocycles. The topological polar surface area (TPSA) is 67.2 Å². The highest BCUT2D eigenvalue weighted by Crippen LogP contribution is 2.31. The molecule has 2 amide bonds. The lowest BCUT2D eigenvalue weighted by Crippen LogP contribution is -2.36. The molecule has 1 aliphatic carbocycles. The first-order valence-electron chi connectivity index (χ1n) is 9.15. The monoisotopic (exact) mass is 332 g/mol. The molecule has 1 aromatic heterocycles. The Morgan fingerprint density at radius 1 is 1.25 bits per heavy atom. The number of hydrogen-bond donors (Lipinski definition) is 1. The van der Waals surface area contributed by atoms with Gasteiger partial charge in [0.25, 0.3) is 0 Å². The first-order valence-corrected chi connectivity index (χ1v) is 9.15. The van der Waals surface area contributed by atoms with Crippen LogP contribution in [0.3, 0.4) is 0 Å². The summed E-state index contributed by atoms with van der Waals surface area (Å²) >= 11 is 0. The number of rotatable bonds is 4. The van der Waals surface area contributed by atoms with Crippen molar-refractivity contribution in [3.05, 3.63) is 17.0 Å². The number of nitrogens with zero attached hydrogens (tertiary/aromatic N) is 3. The molecule has 1 fully saturated rings. The summed E-state index contributed by atoms with van der Waals surface area (Å²) in [5, 5.41) is 7.67.